The average Bonchev–Trinajstić information content (AvgIpc) is 2.50. The Bertz CT molecular complexity index is 424. The van der Waals surface area contributed by atoms with Crippen LogP contribution < -0.4 is 11.1 Å². The Labute approximate surface area is 129 Å². The molecule has 1 aromatic rings. The molecule has 118 valence electrons. The van der Waals surface area contributed by atoms with Crippen molar-refractivity contribution in [2.24, 2.45) is 17.6 Å². The van der Waals surface area contributed by atoms with Crippen LogP contribution in [0.5, 0.6) is 0 Å². The van der Waals surface area contributed by atoms with Crippen molar-refractivity contribution >= 4 is 5.91 Å². The van der Waals surface area contributed by atoms with E-state index in [0.29, 0.717) is 12.5 Å². The zero-order valence-corrected chi connectivity index (χ0v) is 13.9. The second-order valence-corrected chi connectivity index (χ2v) is 6.33. The lowest BCUT2D eigenvalue weighted by Gasteiger charge is -2.29. The Morgan fingerprint density at radius 1 is 1.19 bits per heavy atom. The molecule has 1 aromatic carbocycles. The average molecular weight is 290 g/mol. The van der Waals surface area contributed by atoms with Crippen molar-refractivity contribution < 1.29 is 4.79 Å². The van der Waals surface area contributed by atoms with Gasteiger partial charge in [0.05, 0.1) is 0 Å². The molecule has 0 aromatic heterocycles. The van der Waals surface area contributed by atoms with Crippen LogP contribution in [0.15, 0.2) is 30.3 Å². The molecule has 0 radical (unpaired) electrons. The summed E-state index contributed by atoms with van der Waals surface area (Å²) in [6.45, 7) is 8.89. The van der Waals surface area contributed by atoms with Crippen molar-refractivity contribution in [3.8, 4) is 0 Å². The highest BCUT2D eigenvalue weighted by atomic mass is 16.1. The molecule has 1 amide bonds. The second kappa shape index (κ2) is 8.18. The maximum Gasteiger partial charge on any atom is 0.223 e. The van der Waals surface area contributed by atoms with E-state index >= 15 is 0 Å². The summed E-state index contributed by atoms with van der Waals surface area (Å²) in [5.41, 5.74) is 7.18. The Morgan fingerprint density at radius 2 is 1.76 bits per heavy atom. The van der Waals surface area contributed by atoms with Gasteiger partial charge in [0.25, 0.3) is 0 Å². The quantitative estimate of drug-likeness (QED) is 0.773. The monoisotopic (exact) mass is 290 g/mol. The number of carbonyl (C=O) groups is 1. The third kappa shape index (κ3) is 5.50. The molecule has 1 rings (SSSR count). The summed E-state index contributed by atoms with van der Waals surface area (Å²) in [7, 11) is 0. The number of amides is 1. The first-order valence-electron chi connectivity index (χ1n) is 8.02. The fraction of sp³-hybridized carbons (Fsp3) is 0.611. The van der Waals surface area contributed by atoms with Gasteiger partial charge in [0.2, 0.25) is 5.91 Å². The minimum absolute atomic E-state index is 0.00892. The molecule has 0 spiro atoms. The summed E-state index contributed by atoms with van der Waals surface area (Å²) in [6.07, 6.45) is 2.52. The zero-order valence-electron chi connectivity index (χ0n) is 13.9. The molecule has 0 saturated carbocycles. The maximum atomic E-state index is 12.5. The molecule has 0 saturated heterocycles. The number of hydrogen-bond donors (Lipinski definition) is 2. The van der Waals surface area contributed by atoms with Gasteiger partial charge in [-0.25, -0.2) is 0 Å². The number of benzene rings is 1. The van der Waals surface area contributed by atoms with Gasteiger partial charge >= 0.3 is 0 Å². The molecule has 3 N–H and O–H groups in total. The molecular formula is C18H30N2O. The van der Waals surface area contributed by atoms with E-state index in [1.165, 1.54) is 5.56 Å². The normalized spacial score (nSPS) is 13.2. The van der Waals surface area contributed by atoms with Crippen LogP contribution in [0.3, 0.4) is 0 Å². The molecule has 0 bridgehead atoms. The van der Waals surface area contributed by atoms with Crippen LogP contribution in [-0.2, 0) is 11.2 Å². The highest BCUT2D eigenvalue weighted by molar-refractivity contribution is 5.79. The van der Waals surface area contributed by atoms with Crippen molar-refractivity contribution in [1.82, 2.24) is 5.32 Å². The van der Waals surface area contributed by atoms with E-state index in [1.54, 1.807) is 0 Å². The van der Waals surface area contributed by atoms with Crippen molar-refractivity contribution in [2.45, 2.75) is 52.5 Å². The van der Waals surface area contributed by atoms with Crippen molar-refractivity contribution in [3.05, 3.63) is 35.9 Å². The summed E-state index contributed by atoms with van der Waals surface area (Å²) in [6, 6.07) is 10.2. The predicted molar refractivity (Wildman–Crippen MR) is 89.0 cm³/mol. The van der Waals surface area contributed by atoms with Crippen LogP contribution in [0.25, 0.3) is 0 Å². The number of nitrogens with one attached hydrogen (secondary N) is 1. The smallest absolute Gasteiger partial charge is 0.223 e. The first-order chi connectivity index (χ1) is 9.91. The van der Waals surface area contributed by atoms with Gasteiger partial charge in [-0.05, 0) is 30.7 Å². The fourth-order valence-corrected chi connectivity index (χ4v) is 2.39. The van der Waals surface area contributed by atoms with Crippen molar-refractivity contribution in [1.29, 1.82) is 0 Å². The van der Waals surface area contributed by atoms with Gasteiger partial charge in [-0.3, -0.25) is 4.79 Å². The Hall–Kier alpha value is -1.35. The second-order valence-electron chi connectivity index (χ2n) is 6.33. The van der Waals surface area contributed by atoms with E-state index in [-0.39, 0.29) is 17.4 Å². The van der Waals surface area contributed by atoms with Crippen LogP contribution in [0.1, 0.15) is 46.1 Å². The van der Waals surface area contributed by atoms with E-state index in [4.69, 9.17) is 5.73 Å². The third-order valence-electron chi connectivity index (χ3n) is 4.46. The standard InChI is InChI=1S/C18H30N2O/c1-5-18(19,6-2)13-20-17(21)16(14(3)4)12-15-10-8-7-9-11-15/h7-11,14,16H,5-6,12-13,19H2,1-4H3,(H,20,21). The summed E-state index contributed by atoms with van der Waals surface area (Å²) >= 11 is 0. The van der Waals surface area contributed by atoms with Gasteiger partial charge in [-0.15, -0.1) is 0 Å². The van der Waals surface area contributed by atoms with Crippen molar-refractivity contribution in [2.75, 3.05) is 6.54 Å². The first-order valence-corrected chi connectivity index (χ1v) is 8.02. The maximum absolute atomic E-state index is 12.5. The Balaban J connectivity index is 2.66. The topological polar surface area (TPSA) is 55.1 Å². The lowest BCUT2D eigenvalue weighted by atomic mass is 9.87. The van der Waals surface area contributed by atoms with Gasteiger partial charge < -0.3 is 11.1 Å². The van der Waals surface area contributed by atoms with Gasteiger partial charge in [-0.2, -0.15) is 0 Å². The molecule has 0 aliphatic heterocycles. The Morgan fingerprint density at radius 3 is 2.24 bits per heavy atom. The highest BCUT2D eigenvalue weighted by Gasteiger charge is 2.26. The lowest BCUT2D eigenvalue weighted by molar-refractivity contribution is -0.126. The van der Waals surface area contributed by atoms with E-state index in [2.05, 4.69) is 45.1 Å². The molecule has 1 unspecified atom stereocenters. The molecule has 3 nitrogen and oxygen atoms in total. The molecule has 3 heteroatoms. The molecule has 0 fully saturated rings. The predicted octanol–water partition coefficient (Wildman–Crippen LogP) is 3.14. The third-order valence-corrected chi connectivity index (χ3v) is 4.46. The SMILES string of the molecule is CCC(N)(CC)CNC(=O)C(Cc1ccccc1)C(C)C. The van der Waals surface area contributed by atoms with Gasteiger partial charge in [0, 0.05) is 18.0 Å². The molecule has 0 heterocycles. The van der Waals surface area contributed by atoms with E-state index in [1.807, 2.05) is 18.2 Å². The van der Waals surface area contributed by atoms with Crippen LogP contribution in [0, 0.1) is 11.8 Å². The Kier molecular flexibility index (Phi) is 6.90. The number of nitrogens with two attached hydrogens (primary N) is 1. The van der Waals surface area contributed by atoms with Crippen LogP contribution in [0.2, 0.25) is 0 Å². The molecular weight excluding hydrogens is 260 g/mol. The molecule has 0 aliphatic carbocycles. The highest BCUT2D eigenvalue weighted by Crippen LogP contribution is 2.18. The fourth-order valence-electron chi connectivity index (χ4n) is 2.39. The molecule has 0 aliphatic rings. The first kappa shape index (κ1) is 17.7. The van der Waals surface area contributed by atoms with E-state index in [0.717, 1.165) is 19.3 Å². The zero-order chi connectivity index (χ0) is 15.9. The van der Waals surface area contributed by atoms with Gasteiger partial charge in [0.15, 0.2) is 0 Å². The summed E-state index contributed by atoms with van der Waals surface area (Å²) < 4.78 is 0. The number of rotatable bonds is 8. The van der Waals surface area contributed by atoms with Crippen LogP contribution in [0.4, 0.5) is 0 Å². The summed E-state index contributed by atoms with van der Waals surface area (Å²) in [4.78, 5) is 12.5. The molecule has 21 heavy (non-hydrogen) atoms. The minimum Gasteiger partial charge on any atom is -0.354 e. The molecule has 1 atom stereocenters. The van der Waals surface area contributed by atoms with Gasteiger partial charge in [-0.1, -0.05) is 58.0 Å². The van der Waals surface area contributed by atoms with Gasteiger partial charge in [0.1, 0.15) is 0 Å². The lowest BCUT2D eigenvalue weighted by Crippen LogP contribution is -2.50. The van der Waals surface area contributed by atoms with Crippen molar-refractivity contribution in [3.63, 3.8) is 0 Å². The van der Waals surface area contributed by atoms with Crippen LogP contribution in [-0.4, -0.2) is 18.0 Å². The largest absolute Gasteiger partial charge is 0.354 e. The van der Waals surface area contributed by atoms with E-state index in [9.17, 15) is 4.79 Å². The van der Waals surface area contributed by atoms with Crippen LogP contribution >= 0.6 is 0 Å². The number of carbonyl (C=O) groups excluding carboxylic acids is 1. The summed E-state index contributed by atoms with van der Waals surface area (Å²) in [5, 5.41) is 3.06. The minimum atomic E-state index is -0.288. The number of hydrogen-bond acceptors (Lipinski definition) is 2. The van der Waals surface area contributed by atoms with E-state index < -0.39 is 0 Å². The summed E-state index contributed by atoms with van der Waals surface area (Å²) in [5.74, 6) is 0.413.